The number of nitrogens with zero attached hydrogens (tertiary/aromatic N) is 1. The summed E-state index contributed by atoms with van der Waals surface area (Å²) >= 11 is 0. The Labute approximate surface area is 156 Å². The monoisotopic (exact) mass is 373 g/mol. The minimum absolute atomic E-state index is 0.217. The summed E-state index contributed by atoms with van der Waals surface area (Å²) in [6, 6.07) is 11.8. The van der Waals surface area contributed by atoms with Crippen molar-refractivity contribution in [2.75, 3.05) is 30.8 Å². The predicted molar refractivity (Wildman–Crippen MR) is 99.1 cm³/mol. The lowest BCUT2D eigenvalue weighted by Gasteiger charge is -2.17. The van der Waals surface area contributed by atoms with Crippen molar-refractivity contribution in [3.63, 3.8) is 0 Å². The van der Waals surface area contributed by atoms with Crippen LogP contribution in [-0.2, 0) is 9.53 Å². The molecule has 7 nitrogen and oxygen atoms in total. The zero-order chi connectivity index (χ0) is 19.8. The number of benzene rings is 2. The van der Waals surface area contributed by atoms with Gasteiger partial charge in [-0.25, -0.2) is 9.18 Å². The van der Waals surface area contributed by atoms with Crippen LogP contribution in [0.3, 0.4) is 0 Å². The standard InChI is InChI=1S/C19H20FN3O4/c1-3-27-19(26)22-15-8-4-6-13(10-15)18(25)23(2)12-17(24)21-16-9-5-7-14(20)11-16/h4-11H,3,12H2,1-2H3,(H,21,24)(H,22,26). The van der Waals surface area contributed by atoms with Crippen LogP contribution in [0.1, 0.15) is 17.3 Å². The molecule has 0 unspecified atom stereocenters. The Morgan fingerprint density at radius 2 is 1.70 bits per heavy atom. The molecule has 0 aliphatic carbocycles. The molecule has 8 heteroatoms. The van der Waals surface area contributed by atoms with Gasteiger partial charge in [0.15, 0.2) is 0 Å². The first-order valence-corrected chi connectivity index (χ1v) is 8.23. The van der Waals surface area contributed by atoms with Crippen LogP contribution in [0, 0.1) is 5.82 Å². The molecule has 0 saturated carbocycles. The van der Waals surface area contributed by atoms with Gasteiger partial charge in [0.1, 0.15) is 5.82 Å². The molecule has 27 heavy (non-hydrogen) atoms. The maximum Gasteiger partial charge on any atom is 0.411 e. The Morgan fingerprint density at radius 1 is 1.04 bits per heavy atom. The summed E-state index contributed by atoms with van der Waals surface area (Å²) < 4.78 is 17.9. The number of nitrogens with one attached hydrogen (secondary N) is 2. The molecule has 0 saturated heterocycles. The first-order valence-electron chi connectivity index (χ1n) is 8.23. The molecular formula is C19H20FN3O4. The van der Waals surface area contributed by atoms with Gasteiger partial charge in [0.05, 0.1) is 13.2 Å². The number of amides is 3. The number of likely N-dealkylation sites (N-methyl/N-ethyl adjacent to an activating group) is 1. The third kappa shape index (κ3) is 6.10. The van der Waals surface area contributed by atoms with E-state index >= 15 is 0 Å². The Morgan fingerprint density at radius 3 is 2.37 bits per heavy atom. The SMILES string of the molecule is CCOC(=O)Nc1cccc(C(=O)N(C)CC(=O)Nc2cccc(F)c2)c1. The number of carbonyl (C=O) groups is 3. The van der Waals surface area contributed by atoms with Gasteiger partial charge in [0.25, 0.3) is 5.91 Å². The topological polar surface area (TPSA) is 87.7 Å². The Balaban J connectivity index is 1.98. The van der Waals surface area contributed by atoms with Crippen molar-refractivity contribution in [1.82, 2.24) is 4.90 Å². The average Bonchev–Trinajstić information content (AvgIpc) is 2.61. The molecule has 0 fully saturated rings. The molecule has 0 radical (unpaired) electrons. The summed E-state index contributed by atoms with van der Waals surface area (Å²) in [5, 5.41) is 5.03. The van der Waals surface area contributed by atoms with Gasteiger partial charge in [0, 0.05) is 24.0 Å². The number of ether oxygens (including phenoxy) is 1. The van der Waals surface area contributed by atoms with Gasteiger partial charge in [0.2, 0.25) is 5.91 Å². The number of hydrogen-bond acceptors (Lipinski definition) is 4. The van der Waals surface area contributed by atoms with Gasteiger partial charge in [-0.2, -0.15) is 0 Å². The van der Waals surface area contributed by atoms with Crippen LogP contribution >= 0.6 is 0 Å². The number of hydrogen-bond donors (Lipinski definition) is 2. The van der Waals surface area contributed by atoms with E-state index in [1.54, 1.807) is 31.2 Å². The molecule has 0 aliphatic heterocycles. The lowest BCUT2D eigenvalue weighted by atomic mass is 10.1. The van der Waals surface area contributed by atoms with Crippen LogP contribution in [0.4, 0.5) is 20.6 Å². The first-order chi connectivity index (χ1) is 12.9. The zero-order valence-electron chi connectivity index (χ0n) is 15.0. The molecule has 0 atom stereocenters. The van der Waals surface area contributed by atoms with E-state index < -0.39 is 23.7 Å². The lowest BCUT2D eigenvalue weighted by molar-refractivity contribution is -0.116. The maximum atomic E-state index is 13.2. The highest BCUT2D eigenvalue weighted by Crippen LogP contribution is 2.13. The average molecular weight is 373 g/mol. The fraction of sp³-hybridized carbons (Fsp3) is 0.211. The van der Waals surface area contributed by atoms with Gasteiger partial charge in [-0.15, -0.1) is 0 Å². The number of rotatable bonds is 6. The summed E-state index contributed by atoms with van der Waals surface area (Å²) in [7, 11) is 1.47. The van der Waals surface area contributed by atoms with Crippen LogP contribution in [-0.4, -0.2) is 43.0 Å². The van der Waals surface area contributed by atoms with Crippen molar-refractivity contribution >= 4 is 29.3 Å². The van der Waals surface area contributed by atoms with Crippen LogP contribution in [0.2, 0.25) is 0 Å². The number of carbonyl (C=O) groups excluding carboxylic acids is 3. The predicted octanol–water partition coefficient (Wildman–Crippen LogP) is 3.10. The highest BCUT2D eigenvalue weighted by Gasteiger charge is 2.16. The second kappa shape index (κ2) is 9.33. The van der Waals surface area contributed by atoms with Gasteiger partial charge >= 0.3 is 6.09 Å². The lowest BCUT2D eigenvalue weighted by Crippen LogP contribution is -2.35. The largest absolute Gasteiger partial charge is 0.450 e. The molecule has 2 rings (SSSR count). The second-order valence-electron chi connectivity index (χ2n) is 5.65. The molecule has 0 bridgehead atoms. The van der Waals surface area contributed by atoms with E-state index in [-0.39, 0.29) is 13.2 Å². The van der Waals surface area contributed by atoms with Crippen molar-refractivity contribution in [1.29, 1.82) is 0 Å². The van der Waals surface area contributed by atoms with E-state index in [1.165, 1.54) is 36.2 Å². The summed E-state index contributed by atoms with van der Waals surface area (Å²) in [5.74, 6) is -1.34. The molecule has 3 amide bonds. The van der Waals surface area contributed by atoms with Gasteiger partial charge in [-0.3, -0.25) is 14.9 Å². The quantitative estimate of drug-likeness (QED) is 0.814. The van der Waals surface area contributed by atoms with Crippen LogP contribution in [0.5, 0.6) is 0 Å². The minimum Gasteiger partial charge on any atom is -0.450 e. The molecule has 0 spiro atoms. The van der Waals surface area contributed by atoms with Crippen molar-refractivity contribution in [2.45, 2.75) is 6.92 Å². The molecular weight excluding hydrogens is 353 g/mol. The van der Waals surface area contributed by atoms with E-state index in [0.29, 0.717) is 16.9 Å². The highest BCUT2D eigenvalue weighted by molar-refractivity contribution is 6.00. The Hall–Kier alpha value is -3.42. The van der Waals surface area contributed by atoms with Crippen molar-refractivity contribution in [2.24, 2.45) is 0 Å². The molecule has 2 N–H and O–H groups in total. The molecule has 0 aliphatic rings. The summed E-state index contributed by atoms with van der Waals surface area (Å²) in [6.45, 7) is 1.70. The highest BCUT2D eigenvalue weighted by atomic mass is 19.1. The van der Waals surface area contributed by atoms with Gasteiger partial charge < -0.3 is 15.0 Å². The second-order valence-corrected chi connectivity index (χ2v) is 5.65. The third-order valence-electron chi connectivity index (χ3n) is 3.47. The Kier molecular flexibility index (Phi) is 6.87. The van der Waals surface area contributed by atoms with Crippen LogP contribution in [0.25, 0.3) is 0 Å². The third-order valence-corrected chi connectivity index (χ3v) is 3.47. The summed E-state index contributed by atoms with van der Waals surface area (Å²) in [6.07, 6.45) is -0.620. The van der Waals surface area contributed by atoms with Gasteiger partial charge in [-0.05, 0) is 43.3 Å². The number of anilines is 2. The van der Waals surface area contributed by atoms with Gasteiger partial charge in [-0.1, -0.05) is 12.1 Å². The molecule has 2 aromatic carbocycles. The Bertz CT molecular complexity index is 841. The van der Waals surface area contributed by atoms with E-state index in [2.05, 4.69) is 10.6 Å². The van der Waals surface area contributed by atoms with Crippen LogP contribution in [0.15, 0.2) is 48.5 Å². The minimum atomic E-state index is -0.620. The fourth-order valence-corrected chi connectivity index (χ4v) is 2.29. The summed E-state index contributed by atoms with van der Waals surface area (Å²) in [4.78, 5) is 37.2. The summed E-state index contributed by atoms with van der Waals surface area (Å²) in [5.41, 5.74) is 1.00. The van der Waals surface area contributed by atoms with Crippen molar-refractivity contribution in [3.8, 4) is 0 Å². The molecule has 142 valence electrons. The van der Waals surface area contributed by atoms with E-state index in [4.69, 9.17) is 4.74 Å². The van der Waals surface area contributed by atoms with Crippen molar-refractivity contribution < 1.29 is 23.5 Å². The fourth-order valence-electron chi connectivity index (χ4n) is 2.29. The van der Waals surface area contributed by atoms with Crippen LogP contribution < -0.4 is 10.6 Å². The molecule has 2 aromatic rings. The van der Waals surface area contributed by atoms with E-state index in [0.717, 1.165) is 0 Å². The van der Waals surface area contributed by atoms with Crippen molar-refractivity contribution in [3.05, 3.63) is 59.9 Å². The maximum absolute atomic E-state index is 13.2. The zero-order valence-corrected chi connectivity index (χ0v) is 15.0. The molecule has 0 heterocycles. The first kappa shape index (κ1) is 19.9. The molecule has 0 aromatic heterocycles. The smallest absolute Gasteiger partial charge is 0.411 e. The number of halogens is 1. The normalized spacial score (nSPS) is 10.0. The van der Waals surface area contributed by atoms with E-state index in [1.807, 2.05) is 0 Å². The van der Waals surface area contributed by atoms with E-state index in [9.17, 15) is 18.8 Å².